The van der Waals surface area contributed by atoms with Gasteiger partial charge in [-0.05, 0) is 82.9 Å². The summed E-state index contributed by atoms with van der Waals surface area (Å²) in [5, 5.41) is 10.3. The molecule has 1 heterocycles. The molecule has 0 spiro atoms. The number of fused-ring (bicyclic) bond motifs is 6. The summed E-state index contributed by atoms with van der Waals surface area (Å²) < 4.78 is 2.68. The second-order valence-electron chi connectivity index (χ2n) is 12.8. The van der Waals surface area contributed by atoms with Crippen LogP contribution in [0.25, 0.3) is 97.0 Å². The van der Waals surface area contributed by atoms with Crippen molar-refractivity contribution in [1.29, 1.82) is 0 Å². The van der Waals surface area contributed by atoms with E-state index in [0.717, 1.165) is 0 Å². The van der Waals surface area contributed by atoms with Crippen molar-refractivity contribution >= 4 is 63.8 Å². The molecule has 0 fully saturated rings. The predicted octanol–water partition coefficient (Wildman–Crippen LogP) is 14.2. The Hall–Kier alpha value is -6.02. The lowest BCUT2D eigenvalue weighted by molar-refractivity contribution is 1.64. The zero-order valence-corrected chi connectivity index (χ0v) is 27.5. The molecule has 1 aromatic heterocycles. The quantitative estimate of drug-likeness (QED) is 0.168. The van der Waals surface area contributed by atoms with Gasteiger partial charge in [0.15, 0.2) is 0 Å². The Bertz CT molecular complexity index is 2800. The summed E-state index contributed by atoms with van der Waals surface area (Å²) in [6.45, 7) is 0. The third-order valence-corrected chi connectivity index (χ3v) is 11.3. The number of rotatable bonds is 4. The van der Waals surface area contributed by atoms with Crippen LogP contribution in [-0.4, -0.2) is 0 Å². The summed E-state index contributed by atoms with van der Waals surface area (Å²) >= 11 is 1.89. The van der Waals surface area contributed by atoms with Crippen LogP contribution < -0.4 is 0 Å². The third-order valence-electron chi connectivity index (χ3n) is 10.1. The SMILES string of the molecule is c1ccc(-c2ccc(-c3c4ccccc4c(-c4ccc(-c5cccc6c5sc5ccccc56)cc4)c4ccccc34)c3ccccc23)cc1. The minimum absolute atomic E-state index is 1.23. The number of benzene rings is 9. The molecule has 0 aliphatic rings. The molecule has 0 radical (unpaired) electrons. The fourth-order valence-electron chi connectivity index (χ4n) is 7.91. The normalized spacial score (nSPS) is 11.7. The standard InChI is InChI=1S/C48H30S/c1-2-13-31(14-3-1)34-29-30-43(37-16-5-4-15-36(34)37)47-41-20-8-6-18-39(41)46(40-19-7-9-21-42(40)47)33-27-25-32(26-28-33)35-22-12-23-44-38-17-10-11-24-45(38)49-48(35)44/h1-30H. The van der Waals surface area contributed by atoms with Crippen molar-refractivity contribution in [2.24, 2.45) is 0 Å². The fraction of sp³-hybridized carbons (Fsp3) is 0. The van der Waals surface area contributed by atoms with E-state index in [1.165, 1.54) is 97.0 Å². The molecule has 0 aliphatic heterocycles. The van der Waals surface area contributed by atoms with Gasteiger partial charge in [0, 0.05) is 20.2 Å². The van der Waals surface area contributed by atoms with Gasteiger partial charge in [0.1, 0.15) is 0 Å². The van der Waals surface area contributed by atoms with Gasteiger partial charge in [-0.15, -0.1) is 11.3 Å². The van der Waals surface area contributed by atoms with E-state index >= 15 is 0 Å². The monoisotopic (exact) mass is 638 g/mol. The van der Waals surface area contributed by atoms with Gasteiger partial charge >= 0.3 is 0 Å². The average Bonchev–Trinajstić information content (AvgIpc) is 3.56. The Morgan fingerprint density at radius 2 is 0.714 bits per heavy atom. The van der Waals surface area contributed by atoms with Crippen LogP contribution in [0.1, 0.15) is 0 Å². The molecule has 49 heavy (non-hydrogen) atoms. The summed E-state index contributed by atoms with van der Waals surface area (Å²) in [5.41, 5.74) is 10.1. The third kappa shape index (κ3) is 4.44. The van der Waals surface area contributed by atoms with E-state index in [1.54, 1.807) is 0 Å². The largest absolute Gasteiger partial charge is 0.135 e. The van der Waals surface area contributed by atoms with E-state index in [1.807, 2.05) is 11.3 Å². The molecule has 0 aliphatic carbocycles. The Morgan fingerprint density at radius 1 is 0.245 bits per heavy atom. The van der Waals surface area contributed by atoms with Crippen molar-refractivity contribution in [3.05, 3.63) is 182 Å². The summed E-state index contributed by atoms with van der Waals surface area (Å²) in [4.78, 5) is 0. The molecular weight excluding hydrogens is 609 g/mol. The molecule has 228 valence electrons. The molecule has 10 aromatic rings. The minimum atomic E-state index is 1.23. The second kappa shape index (κ2) is 11.3. The number of thiophene rings is 1. The first-order valence-corrected chi connectivity index (χ1v) is 17.7. The molecule has 0 saturated carbocycles. The number of hydrogen-bond donors (Lipinski definition) is 0. The molecule has 1 heteroatoms. The molecule has 0 nitrogen and oxygen atoms in total. The van der Waals surface area contributed by atoms with Crippen molar-refractivity contribution in [1.82, 2.24) is 0 Å². The van der Waals surface area contributed by atoms with Crippen molar-refractivity contribution in [2.45, 2.75) is 0 Å². The van der Waals surface area contributed by atoms with E-state index in [2.05, 4.69) is 182 Å². The highest BCUT2D eigenvalue weighted by Gasteiger charge is 2.19. The number of hydrogen-bond acceptors (Lipinski definition) is 1. The Labute approximate surface area is 289 Å². The average molecular weight is 639 g/mol. The van der Waals surface area contributed by atoms with Crippen LogP contribution in [0.5, 0.6) is 0 Å². The van der Waals surface area contributed by atoms with Crippen molar-refractivity contribution in [3.63, 3.8) is 0 Å². The molecule has 0 unspecified atom stereocenters. The van der Waals surface area contributed by atoms with Crippen LogP contribution in [0.15, 0.2) is 182 Å². The first kappa shape index (κ1) is 28.0. The smallest absolute Gasteiger partial charge is 0.0433 e. The fourth-order valence-corrected chi connectivity index (χ4v) is 9.15. The molecular formula is C48H30S. The van der Waals surface area contributed by atoms with Gasteiger partial charge in [0.05, 0.1) is 0 Å². The van der Waals surface area contributed by atoms with E-state index in [0.29, 0.717) is 0 Å². The molecule has 0 atom stereocenters. The van der Waals surface area contributed by atoms with Gasteiger partial charge in [-0.25, -0.2) is 0 Å². The maximum absolute atomic E-state index is 2.34. The van der Waals surface area contributed by atoms with E-state index < -0.39 is 0 Å². The molecule has 0 N–H and O–H groups in total. The van der Waals surface area contributed by atoms with Crippen LogP contribution in [0.4, 0.5) is 0 Å². The minimum Gasteiger partial charge on any atom is -0.135 e. The maximum Gasteiger partial charge on any atom is 0.0433 e. The summed E-state index contributed by atoms with van der Waals surface area (Å²) in [7, 11) is 0. The van der Waals surface area contributed by atoms with Gasteiger partial charge in [-0.2, -0.15) is 0 Å². The summed E-state index contributed by atoms with van der Waals surface area (Å²) in [5.74, 6) is 0. The van der Waals surface area contributed by atoms with Gasteiger partial charge < -0.3 is 0 Å². The van der Waals surface area contributed by atoms with Gasteiger partial charge in [-0.1, -0.05) is 176 Å². The van der Waals surface area contributed by atoms with E-state index in [9.17, 15) is 0 Å². The van der Waals surface area contributed by atoms with Gasteiger partial charge in [0.2, 0.25) is 0 Å². The van der Waals surface area contributed by atoms with Crippen molar-refractivity contribution in [2.75, 3.05) is 0 Å². The molecule has 0 saturated heterocycles. The van der Waals surface area contributed by atoms with Crippen LogP contribution in [0.2, 0.25) is 0 Å². The Balaban J connectivity index is 1.18. The van der Waals surface area contributed by atoms with Crippen LogP contribution >= 0.6 is 11.3 Å². The molecule has 9 aromatic carbocycles. The van der Waals surface area contributed by atoms with Gasteiger partial charge in [0.25, 0.3) is 0 Å². The Morgan fingerprint density at radius 3 is 1.39 bits per heavy atom. The molecule has 10 rings (SSSR count). The first-order valence-electron chi connectivity index (χ1n) is 16.9. The van der Waals surface area contributed by atoms with Crippen molar-refractivity contribution < 1.29 is 0 Å². The lowest BCUT2D eigenvalue weighted by Crippen LogP contribution is -1.92. The van der Waals surface area contributed by atoms with E-state index in [-0.39, 0.29) is 0 Å². The Kier molecular flexibility index (Phi) is 6.47. The van der Waals surface area contributed by atoms with Crippen LogP contribution in [-0.2, 0) is 0 Å². The topological polar surface area (TPSA) is 0 Å². The van der Waals surface area contributed by atoms with Gasteiger partial charge in [-0.3, -0.25) is 0 Å². The lowest BCUT2D eigenvalue weighted by atomic mass is 9.83. The molecule has 0 amide bonds. The zero-order chi connectivity index (χ0) is 32.3. The summed E-state index contributed by atoms with van der Waals surface area (Å²) in [6, 6.07) is 66.9. The maximum atomic E-state index is 2.34. The molecule has 0 bridgehead atoms. The van der Waals surface area contributed by atoms with E-state index in [4.69, 9.17) is 0 Å². The summed E-state index contributed by atoms with van der Waals surface area (Å²) in [6.07, 6.45) is 0. The highest BCUT2D eigenvalue weighted by Crippen LogP contribution is 2.47. The predicted molar refractivity (Wildman–Crippen MR) is 214 cm³/mol. The first-order chi connectivity index (χ1) is 24.3. The second-order valence-corrected chi connectivity index (χ2v) is 13.8. The van der Waals surface area contributed by atoms with Crippen LogP contribution in [0, 0.1) is 0 Å². The van der Waals surface area contributed by atoms with Crippen molar-refractivity contribution in [3.8, 4) is 44.5 Å². The van der Waals surface area contributed by atoms with Crippen LogP contribution in [0.3, 0.4) is 0 Å². The lowest BCUT2D eigenvalue weighted by Gasteiger charge is -2.20. The zero-order valence-electron chi connectivity index (χ0n) is 26.7. The highest BCUT2D eigenvalue weighted by atomic mass is 32.1. The highest BCUT2D eigenvalue weighted by molar-refractivity contribution is 7.26.